The molecule has 1 aliphatic heterocycles. The highest BCUT2D eigenvalue weighted by Gasteiger charge is 2.44. The van der Waals surface area contributed by atoms with Crippen LogP contribution >= 0.6 is 12.6 Å². The average Bonchev–Trinajstić information content (AvgIpc) is 2.84. The summed E-state index contributed by atoms with van der Waals surface area (Å²) in [5.74, 6) is 1.08. The van der Waals surface area contributed by atoms with Gasteiger partial charge in [-0.2, -0.15) is 12.6 Å². The van der Waals surface area contributed by atoms with Crippen LogP contribution in [-0.2, 0) is 0 Å². The molecular formula is C12H24N2S. The summed E-state index contributed by atoms with van der Waals surface area (Å²) in [4.78, 5) is 5.03. The van der Waals surface area contributed by atoms with Crippen molar-refractivity contribution in [1.29, 1.82) is 0 Å². The normalized spacial score (nSPS) is 30.0. The van der Waals surface area contributed by atoms with Crippen molar-refractivity contribution in [2.45, 2.75) is 31.7 Å². The van der Waals surface area contributed by atoms with Gasteiger partial charge in [0.15, 0.2) is 0 Å². The molecule has 0 radical (unpaired) electrons. The Balaban J connectivity index is 1.85. The van der Waals surface area contributed by atoms with E-state index in [0.29, 0.717) is 5.41 Å². The first-order valence-electron chi connectivity index (χ1n) is 6.15. The fraction of sp³-hybridized carbons (Fsp3) is 1.00. The molecule has 0 aromatic carbocycles. The molecule has 0 spiro atoms. The Kier molecular flexibility index (Phi) is 3.63. The number of likely N-dealkylation sites (tertiary alicyclic amines) is 1. The van der Waals surface area contributed by atoms with Crippen molar-refractivity contribution in [2.75, 3.05) is 39.5 Å². The lowest BCUT2D eigenvalue weighted by molar-refractivity contribution is 0.180. The second-order valence-corrected chi connectivity index (χ2v) is 6.00. The first-order valence-corrected chi connectivity index (χ1v) is 6.78. The van der Waals surface area contributed by atoms with Crippen molar-refractivity contribution in [3.05, 3.63) is 0 Å². The number of hydrogen-bond acceptors (Lipinski definition) is 3. The van der Waals surface area contributed by atoms with Crippen LogP contribution in [0.5, 0.6) is 0 Å². The number of nitrogens with zero attached hydrogens (tertiary/aromatic N) is 2. The van der Waals surface area contributed by atoms with Crippen LogP contribution < -0.4 is 0 Å². The zero-order valence-corrected chi connectivity index (χ0v) is 11.0. The maximum Gasteiger partial charge on any atom is 0.0223 e. The standard InChI is InChI=1S/C12H24N2S/c1-13(2)8-11-4-3-7-14(11)9-12(10-15)5-6-12/h11,15H,3-10H2,1-2H3. The van der Waals surface area contributed by atoms with Crippen molar-refractivity contribution >= 4 is 12.6 Å². The summed E-state index contributed by atoms with van der Waals surface area (Å²) in [7, 11) is 4.37. The summed E-state index contributed by atoms with van der Waals surface area (Å²) in [5, 5.41) is 0. The number of thiol groups is 1. The third-order valence-corrected chi connectivity index (χ3v) is 4.58. The largest absolute Gasteiger partial charge is 0.308 e. The molecule has 2 aliphatic rings. The van der Waals surface area contributed by atoms with Crippen LogP contribution in [-0.4, -0.2) is 55.3 Å². The second kappa shape index (κ2) is 4.64. The van der Waals surface area contributed by atoms with Gasteiger partial charge in [0, 0.05) is 19.1 Å². The molecule has 3 heteroatoms. The molecule has 88 valence electrons. The van der Waals surface area contributed by atoms with Gasteiger partial charge >= 0.3 is 0 Å². The van der Waals surface area contributed by atoms with Gasteiger partial charge in [-0.15, -0.1) is 0 Å². The Morgan fingerprint density at radius 1 is 1.40 bits per heavy atom. The van der Waals surface area contributed by atoms with Gasteiger partial charge in [0.1, 0.15) is 0 Å². The van der Waals surface area contributed by atoms with E-state index in [9.17, 15) is 0 Å². The smallest absolute Gasteiger partial charge is 0.0223 e. The molecule has 2 nitrogen and oxygen atoms in total. The van der Waals surface area contributed by atoms with Gasteiger partial charge in [-0.25, -0.2) is 0 Å². The van der Waals surface area contributed by atoms with Crippen molar-refractivity contribution in [2.24, 2.45) is 5.41 Å². The summed E-state index contributed by atoms with van der Waals surface area (Å²) < 4.78 is 0. The Bertz CT molecular complexity index is 214. The minimum absolute atomic E-state index is 0.595. The molecular weight excluding hydrogens is 204 g/mol. The highest BCUT2D eigenvalue weighted by molar-refractivity contribution is 7.80. The third-order valence-electron chi connectivity index (χ3n) is 3.91. The van der Waals surface area contributed by atoms with E-state index in [-0.39, 0.29) is 0 Å². The zero-order valence-electron chi connectivity index (χ0n) is 10.1. The van der Waals surface area contributed by atoms with Gasteiger partial charge in [0.2, 0.25) is 0 Å². The SMILES string of the molecule is CN(C)CC1CCCN1CC1(CS)CC1. The Labute approximate surface area is 99.4 Å². The number of rotatable bonds is 5. The predicted molar refractivity (Wildman–Crippen MR) is 68.7 cm³/mol. The van der Waals surface area contributed by atoms with E-state index >= 15 is 0 Å². The lowest BCUT2D eigenvalue weighted by Gasteiger charge is -2.30. The molecule has 1 aliphatic carbocycles. The summed E-state index contributed by atoms with van der Waals surface area (Å²) in [6, 6.07) is 0.803. The molecule has 0 aromatic rings. The average molecular weight is 228 g/mol. The van der Waals surface area contributed by atoms with Gasteiger partial charge in [0.25, 0.3) is 0 Å². The molecule has 15 heavy (non-hydrogen) atoms. The van der Waals surface area contributed by atoms with Gasteiger partial charge in [-0.05, 0) is 57.5 Å². The minimum atomic E-state index is 0.595. The third kappa shape index (κ3) is 2.89. The quantitative estimate of drug-likeness (QED) is 0.716. The Hall–Kier alpha value is 0.270. The van der Waals surface area contributed by atoms with Crippen molar-refractivity contribution in [1.82, 2.24) is 9.80 Å². The van der Waals surface area contributed by atoms with Crippen LogP contribution in [0.25, 0.3) is 0 Å². The predicted octanol–water partition coefficient (Wildman–Crippen LogP) is 1.72. The summed E-state index contributed by atoms with van der Waals surface area (Å²) >= 11 is 4.50. The minimum Gasteiger partial charge on any atom is -0.308 e. The lowest BCUT2D eigenvalue weighted by atomic mass is 10.1. The van der Waals surface area contributed by atoms with Crippen molar-refractivity contribution in [3.8, 4) is 0 Å². The Morgan fingerprint density at radius 3 is 2.67 bits per heavy atom. The van der Waals surface area contributed by atoms with E-state index in [4.69, 9.17) is 0 Å². The van der Waals surface area contributed by atoms with E-state index in [1.165, 1.54) is 45.3 Å². The first-order chi connectivity index (χ1) is 7.15. The maximum atomic E-state index is 4.50. The highest BCUT2D eigenvalue weighted by atomic mass is 32.1. The fourth-order valence-electron chi connectivity index (χ4n) is 2.71. The Morgan fingerprint density at radius 2 is 2.13 bits per heavy atom. The van der Waals surface area contributed by atoms with Crippen LogP contribution in [0.1, 0.15) is 25.7 Å². The summed E-state index contributed by atoms with van der Waals surface area (Å²) in [6.45, 7) is 3.84. The molecule has 0 bridgehead atoms. The molecule has 2 fully saturated rings. The van der Waals surface area contributed by atoms with Gasteiger partial charge < -0.3 is 4.90 Å². The molecule has 1 atom stereocenters. The monoisotopic (exact) mass is 228 g/mol. The summed E-state index contributed by atoms with van der Waals surface area (Å²) in [6.07, 6.45) is 5.59. The highest BCUT2D eigenvalue weighted by Crippen LogP contribution is 2.47. The first kappa shape index (κ1) is 11.7. The van der Waals surface area contributed by atoms with Crippen LogP contribution in [0.2, 0.25) is 0 Å². The van der Waals surface area contributed by atoms with Gasteiger partial charge in [-0.1, -0.05) is 0 Å². The van der Waals surface area contributed by atoms with E-state index in [0.717, 1.165) is 11.8 Å². The lowest BCUT2D eigenvalue weighted by Crippen LogP contribution is -2.41. The second-order valence-electron chi connectivity index (χ2n) is 5.69. The molecule has 1 unspecified atom stereocenters. The zero-order chi connectivity index (χ0) is 10.9. The number of hydrogen-bond donors (Lipinski definition) is 1. The topological polar surface area (TPSA) is 6.48 Å². The van der Waals surface area contributed by atoms with Crippen molar-refractivity contribution < 1.29 is 0 Å². The molecule has 1 saturated heterocycles. The van der Waals surface area contributed by atoms with Gasteiger partial charge in [0.05, 0.1) is 0 Å². The van der Waals surface area contributed by atoms with Crippen LogP contribution in [0, 0.1) is 5.41 Å². The van der Waals surface area contributed by atoms with Crippen LogP contribution in [0.3, 0.4) is 0 Å². The molecule has 2 rings (SSSR count). The van der Waals surface area contributed by atoms with E-state index in [1.807, 2.05) is 0 Å². The molecule has 0 aromatic heterocycles. The van der Waals surface area contributed by atoms with Gasteiger partial charge in [-0.3, -0.25) is 4.90 Å². The van der Waals surface area contributed by atoms with Crippen LogP contribution in [0.15, 0.2) is 0 Å². The van der Waals surface area contributed by atoms with Crippen molar-refractivity contribution in [3.63, 3.8) is 0 Å². The maximum absolute atomic E-state index is 4.50. The van der Waals surface area contributed by atoms with E-state index < -0.39 is 0 Å². The summed E-state index contributed by atoms with van der Waals surface area (Å²) in [5.41, 5.74) is 0.595. The molecule has 0 amide bonds. The molecule has 1 heterocycles. The van der Waals surface area contributed by atoms with Crippen LogP contribution in [0.4, 0.5) is 0 Å². The molecule has 1 saturated carbocycles. The molecule has 0 N–H and O–H groups in total. The number of likely N-dealkylation sites (N-methyl/N-ethyl adjacent to an activating group) is 1. The van der Waals surface area contributed by atoms with E-state index in [2.05, 4.69) is 36.5 Å². The van der Waals surface area contributed by atoms with E-state index in [1.54, 1.807) is 0 Å². The fourth-order valence-corrected chi connectivity index (χ4v) is 3.12.